The fraction of sp³-hybridized carbons (Fsp3) is 0.417. The van der Waals surface area contributed by atoms with Gasteiger partial charge >= 0.3 is 12.1 Å². The van der Waals surface area contributed by atoms with Gasteiger partial charge in [-0.2, -0.15) is 0 Å². The molecule has 166 valence electrons. The number of carbonyl (C=O) groups excluding carboxylic acids is 2. The Morgan fingerprint density at radius 2 is 1.90 bits per heavy atom. The first-order valence-corrected chi connectivity index (χ1v) is 10.3. The largest absolute Gasteiger partial charge is 0.496 e. The highest BCUT2D eigenvalue weighted by Crippen LogP contribution is 2.34. The number of amides is 1. The van der Waals surface area contributed by atoms with Gasteiger partial charge in [0.05, 0.1) is 20.8 Å². The Hall–Kier alpha value is -3.22. The molecule has 7 heteroatoms. The minimum atomic E-state index is -0.836. The maximum atomic E-state index is 12.6. The van der Waals surface area contributed by atoms with E-state index in [1.165, 1.54) is 12.0 Å². The summed E-state index contributed by atoms with van der Waals surface area (Å²) in [4.78, 5) is 26.6. The van der Waals surface area contributed by atoms with E-state index in [4.69, 9.17) is 18.9 Å². The topological polar surface area (TPSA) is 74.3 Å². The molecule has 0 saturated heterocycles. The summed E-state index contributed by atoms with van der Waals surface area (Å²) in [6.07, 6.45) is 0.0807. The van der Waals surface area contributed by atoms with Gasteiger partial charge in [-0.1, -0.05) is 38.1 Å². The minimum absolute atomic E-state index is 0.209. The summed E-state index contributed by atoms with van der Waals surface area (Å²) in [7, 11) is 2.95. The zero-order valence-corrected chi connectivity index (χ0v) is 18.4. The first-order valence-electron chi connectivity index (χ1n) is 10.3. The lowest BCUT2D eigenvalue weighted by Gasteiger charge is -2.35. The van der Waals surface area contributed by atoms with E-state index in [9.17, 15) is 9.59 Å². The summed E-state index contributed by atoms with van der Waals surface area (Å²) in [5.74, 6) is 1.16. The number of ether oxygens (including phenoxy) is 4. The molecule has 31 heavy (non-hydrogen) atoms. The fourth-order valence-electron chi connectivity index (χ4n) is 3.56. The van der Waals surface area contributed by atoms with E-state index >= 15 is 0 Å². The molecule has 2 aromatic rings. The van der Waals surface area contributed by atoms with Crippen LogP contribution in [0.2, 0.25) is 0 Å². The normalized spacial score (nSPS) is 15.3. The summed E-state index contributed by atoms with van der Waals surface area (Å²) < 4.78 is 21.7. The van der Waals surface area contributed by atoms with E-state index in [-0.39, 0.29) is 5.92 Å². The highest BCUT2D eigenvalue weighted by atomic mass is 16.6. The standard InChI is InChI=1S/C24H29NO6/c1-16(2)14-31-24(27)25-12-11-17-13-19(9-10-20(17)22(25)23(26)29-4)30-15-18-7-5-6-8-21(18)28-3/h5-10,13,16,22H,11-12,14-15H2,1-4H3. The summed E-state index contributed by atoms with van der Waals surface area (Å²) in [5.41, 5.74) is 2.61. The molecule has 1 unspecified atom stereocenters. The van der Waals surface area contributed by atoms with E-state index in [0.29, 0.717) is 31.9 Å². The van der Waals surface area contributed by atoms with Gasteiger partial charge in [0.1, 0.15) is 18.1 Å². The fourth-order valence-corrected chi connectivity index (χ4v) is 3.56. The number of carbonyl (C=O) groups is 2. The Balaban J connectivity index is 1.79. The van der Waals surface area contributed by atoms with Crippen molar-refractivity contribution in [2.45, 2.75) is 32.9 Å². The lowest BCUT2D eigenvalue weighted by Crippen LogP contribution is -2.44. The van der Waals surface area contributed by atoms with Crippen LogP contribution in [0.4, 0.5) is 4.79 Å². The van der Waals surface area contributed by atoms with Crippen LogP contribution in [0.3, 0.4) is 0 Å². The van der Waals surface area contributed by atoms with Crippen LogP contribution < -0.4 is 9.47 Å². The van der Waals surface area contributed by atoms with E-state index < -0.39 is 18.1 Å². The molecule has 2 aromatic carbocycles. The van der Waals surface area contributed by atoms with Crippen molar-refractivity contribution in [1.82, 2.24) is 4.90 Å². The van der Waals surface area contributed by atoms with Crippen LogP contribution in [-0.4, -0.2) is 44.3 Å². The number of esters is 1. The number of para-hydroxylation sites is 1. The van der Waals surface area contributed by atoms with Gasteiger partial charge in [0.2, 0.25) is 0 Å². The first-order chi connectivity index (χ1) is 14.9. The number of fused-ring (bicyclic) bond motifs is 1. The van der Waals surface area contributed by atoms with Gasteiger partial charge in [-0.25, -0.2) is 9.59 Å². The van der Waals surface area contributed by atoms with Crippen LogP contribution in [-0.2, 0) is 27.3 Å². The quantitative estimate of drug-likeness (QED) is 0.619. The number of benzene rings is 2. The molecule has 0 aliphatic carbocycles. The Morgan fingerprint density at radius 3 is 2.61 bits per heavy atom. The zero-order valence-electron chi connectivity index (χ0n) is 18.4. The number of nitrogens with zero attached hydrogens (tertiary/aromatic N) is 1. The van der Waals surface area contributed by atoms with Crippen molar-refractivity contribution >= 4 is 12.1 Å². The van der Waals surface area contributed by atoms with Crippen LogP contribution in [0, 0.1) is 5.92 Å². The average Bonchev–Trinajstić information content (AvgIpc) is 2.79. The molecule has 0 spiro atoms. The summed E-state index contributed by atoms with van der Waals surface area (Å²) >= 11 is 0. The maximum Gasteiger partial charge on any atom is 0.410 e. The average molecular weight is 427 g/mol. The molecule has 0 bridgehead atoms. The van der Waals surface area contributed by atoms with E-state index in [2.05, 4.69) is 0 Å². The molecule has 7 nitrogen and oxygen atoms in total. The van der Waals surface area contributed by atoms with Gasteiger partial charge in [0.25, 0.3) is 0 Å². The predicted molar refractivity (Wildman–Crippen MR) is 115 cm³/mol. The van der Waals surface area contributed by atoms with Crippen molar-refractivity contribution in [2.24, 2.45) is 5.92 Å². The van der Waals surface area contributed by atoms with Crippen molar-refractivity contribution in [3.8, 4) is 11.5 Å². The highest BCUT2D eigenvalue weighted by Gasteiger charge is 2.37. The number of rotatable bonds is 7. The molecule has 0 aromatic heterocycles. The molecule has 1 atom stereocenters. The van der Waals surface area contributed by atoms with Crippen LogP contribution >= 0.6 is 0 Å². The van der Waals surface area contributed by atoms with E-state index in [1.54, 1.807) is 13.2 Å². The second-order valence-electron chi connectivity index (χ2n) is 7.80. The third-order valence-corrected chi connectivity index (χ3v) is 5.13. The molecule has 0 radical (unpaired) electrons. The Labute approximate surface area is 182 Å². The summed E-state index contributed by atoms with van der Waals surface area (Å²) in [5, 5.41) is 0. The summed E-state index contributed by atoms with van der Waals surface area (Å²) in [6, 6.07) is 12.4. The highest BCUT2D eigenvalue weighted by molar-refractivity contribution is 5.84. The van der Waals surface area contributed by atoms with Crippen LogP contribution in [0.1, 0.15) is 36.6 Å². The molecule has 1 heterocycles. The molecular formula is C24H29NO6. The zero-order chi connectivity index (χ0) is 22.4. The van der Waals surface area contributed by atoms with Gasteiger partial charge in [-0.15, -0.1) is 0 Å². The minimum Gasteiger partial charge on any atom is -0.496 e. The maximum absolute atomic E-state index is 12.6. The van der Waals surface area contributed by atoms with Crippen molar-refractivity contribution in [3.05, 3.63) is 59.2 Å². The van der Waals surface area contributed by atoms with Gasteiger partial charge in [0, 0.05) is 12.1 Å². The Bertz CT molecular complexity index is 926. The number of hydrogen-bond donors (Lipinski definition) is 0. The van der Waals surface area contributed by atoms with Crippen molar-refractivity contribution in [3.63, 3.8) is 0 Å². The van der Waals surface area contributed by atoms with E-state index in [1.807, 2.05) is 50.2 Å². The molecule has 1 aliphatic heterocycles. The molecule has 0 saturated carbocycles. The van der Waals surface area contributed by atoms with Crippen molar-refractivity contribution in [2.75, 3.05) is 27.4 Å². The Kier molecular flexibility index (Phi) is 7.39. The third kappa shape index (κ3) is 5.29. The number of methoxy groups -OCH3 is 2. The lowest BCUT2D eigenvalue weighted by atomic mass is 9.92. The molecular weight excluding hydrogens is 398 g/mol. The van der Waals surface area contributed by atoms with Crippen molar-refractivity contribution < 1.29 is 28.5 Å². The van der Waals surface area contributed by atoms with Gasteiger partial charge in [0.15, 0.2) is 6.04 Å². The molecule has 0 N–H and O–H groups in total. The van der Waals surface area contributed by atoms with Crippen LogP contribution in [0.15, 0.2) is 42.5 Å². The van der Waals surface area contributed by atoms with Gasteiger partial charge in [-0.3, -0.25) is 4.90 Å². The second-order valence-corrected chi connectivity index (χ2v) is 7.80. The van der Waals surface area contributed by atoms with Gasteiger partial charge in [-0.05, 0) is 41.7 Å². The molecule has 1 amide bonds. The number of hydrogen-bond acceptors (Lipinski definition) is 6. The first kappa shape index (κ1) is 22.5. The van der Waals surface area contributed by atoms with Gasteiger partial charge < -0.3 is 18.9 Å². The molecule has 0 fully saturated rings. The molecule has 1 aliphatic rings. The Morgan fingerprint density at radius 1 is 1.13 bits per heavy atom. The smallest absolute Gasteiger partial charge is 0.410 e. The van der Waals surface area contributed by atoms with E-state index in [0.717, 1.165) is 22.4 Å². The lowest BCUT2D eigenvalue weighted by molar-refractivity contribution is -0.147. The third-order valence-electron chi connectivity index (χ3n) is 5.13. The summed E-state index contributed by atoms with van der Waals surface area (Å²) in [6.45, 7) is 4.94. The van der Waals surface area contributed by atoms with Crippen LogP contribution in [0.5, 0.6) is 11.5 Å². The monoisotopic (exact) mass is 427 g/mol. The SMILES string of the molecule is COC(=O)C1c2ccc(OCc3ccccc3OC)cc2CCN1C(=O)OCC(C)C. The van der Waals surface area contributed by atoms with Crippen molar-refractivity contribution in [1.29, 1.82) is 0 Å². The van der Waals surface area contributed by atoms with Crippen LogP contribution in [0.25, 0.3) is 0 Å². The molecule has 3 rings (SSSR count). The second kappa shape index (κ2) is 10.2. The predicted octanol–water partition coefficient (Wildman–Crippen LogP) is 4.14.